The van der Waals surface area contributed by atoms with E-state index in [1.54, 1.807) is 0 Å². The zero-order valence-corrected chi connectivity index (χ0v) is 12.0. The molecule has 0 aromatic heterocycles. The van der Waals surface area contributed by atoms with Crippen molar-refractivity contribution in [2.45, 2.75) is 30.6 Å². The second kappa shape index (κ2) is 7.17. The van der Waals surface area contributed by atoms with Crippen LogP contribution in [0.2, 0.25) is 0 Å². The van der Waals surface area contributed by atoms with Crippen LogP contribution in [0.25, 0.3) is 0 Å². The number of piperidine rings is 1. The second-order valence-electron chi connectivity index (χ2n) is 5.19. The SMILES string of the molecule is CSC1CCN(C[C@H](N)Cc2ccccc2)CC1. The molecule has 0 bridgehead atoms. The highest BCUT2D eigenvalue weighted by atomic mass is 32.2. The van der Waals surface area contributed by atoms with E-state index in [1.165, 1.54) is 31.5 Å². The van der Waals surface area contributed by atoms with Crippen molar-refractivity contribution in [2.75, 3.05) is 25.9 Å². The fourth-order valence-electron chi connectivity index (χ4n) is 2.64. The summed E-state index contributed by atoms with van der Waals surface area (Å²) in [5, 5.41) is 0.867. The summed E-state index contributed by atoms with van der Waals surface area (Å²) in [5.74, 6) is 0. The van der Waals surface area contributed by atoms with E-state index < -0.39 is 0 Å². The van der Waals surface area contributed by atoms with Crippen LogP contribution in [0, 0.1) is 0 Å². The Morgan fingerprint density at radius 2 is 1.94 bits per heavy atom. The molecule has 0 amide bonds. The normalized spacial score (nSPS) is 19.9. The summed E-state index contributed by atoms with van der Waals surface area (Å²) in [6.07, 6.45) is 5.85. The van der Waals surface area contributed by atoms with Crippen LogP contribution in [0.5, 0.6) is 0 Å². The van der Waals surface area contributed by atoms with Crippen LogP contribution in [-0.4, -0.2) is 42.1 Å². The topological polar surface area (TPSA) is 29.3 Å². The van der Waals surface area contributed by atoms with E-state index in [2.05, 4.69) is 41.5 Å². The number of hydrogen-bond donors (Lipinski definition) is 1. The van der Waals surface area contributed by atoms with E-state index in [0.717, 1.165) is 18.2 Å². The van der Waals surface area contributed by atoms with Crippen LogP contribution in [-0.2, 0) is 6.42 Å². The molecule has 1 aromatic rings. The zero-order valence-electron chi connectivity index (χ0n) is 11.2. The Morgan fingerprint density at radius 3 is 2.56 bits per heavy atom. The Kier molecular flexibility index (Phi) is 5.54. The maximum atomic E-state index is 6.26. The van der Waals surface area contributed by atoms with Crippen LogP contribution in [0.4, 0.5) is 0 Å². The van der Waals surface area contributed by atoms with E-state index in [9.17, 15) is 0 Å². The quantitative estimate of drug-likeness (QED) is 0.885. The molecule has 1 atom stereocenters. The molecule has 0 aliphatic carbocycles. The minimum atomic E-state index is 0.262. The van der Waals surface area contributed by atoms with Gasteiger partial charge in [0.05, 0.1) is 0 Å². The average Bonchev–Trinajstić information content (AvgIpc) is 2.40. The van der Waals surface area contributed by atoms with Crippen molar-refractivity contribution >= 4 is 11.8 Å². The Labute approximate surface area is 115 Å². The first-order valence-corrected chi connectivity index (χ1v) is 8.11. The van der Waals surface area contributed by atoms with Gasteiger partial charge in [-0.3, -0.25) is 0 Å². The fraction of sp³-hybridized carbons (Fsp3) is 0.600. The van der Waals surface area contributed by atoms with Gasteiger partial charge in [-0.2, -0.15) is 11.8 Å². The molecule has 0 unspecified atom stereocenters. The van der Waals surface area contributed by atoms with Crippen molar-refractivity contribution in [1.82, 2.24) is 4.90 Å². The Hall–Kier alpha value is -0.510. The average molecular weight is 264 g/mol. The molecule has 0 saturated carbocycles. The van der Waals surface area contributed by atoms with Gasteiger partial charge < -0.3 is 10.6 Å². The van der Waals surface area contributed by atoms with Crippen molar-refractivity contribution in [3.8, 4) is 0 Å². The van der Waals surface area contributed by atoms with Crippen molar-refractivity contribution in [3.05, 3.63) is 35.9 Å². The van der Waals surface area contributed by atoms with Gasteiger partial charge in [0.25, 0.3) is 0 Å². The van der Waals surface area contributed by atoms with E-state index in [-0.39, 0.29) is 6.04 Å². The molecule has 1 heterocycles. The summed E-state index contributed by atoms with van der Waals surface area (Å²) in [7, 11) is 0. The first kappa shape index (κ1) is 13.9. The number of thioether (sulfide) groups is 1. The highest BCUT2D eigenvalue weighted by Gasteiger charge is 2.19. The maximum Gasteiger partial charge on any atom is 0.0208 e. The van der Waals surface area contributed by atoms with Gasteiger partial charge in [0.15, 0.2) is 0 Å². The Balaban J connectivity index is 1.73. The molecule has 2 nitrogen and oxygen atoms in total. The zero-order chi connectivity index (χ0) is 12.8. The summed E-state index contributed by atoms with van der Waals surface area (Å²) >= 11 is 2.01. The van der Waals surface area contributed by atoms with Crippen molar-refractivity contribution in [1.29, 1.82) is 0 Å². The van der Waals surface area contributed by atoms with Gasteiger partial charge in [0.1, 0.15) is 0 Å². The lowest BCUT2D eigenvalue weighted by Crippen LogP contribution is -2.43. The van der Waals surface area contributed by atoms with Gasteiger partial charge in [-0.25, -0.2) is 0 Å². The number of hydrogen-bond acceptors (Lipinski definition) is 3. The summed E-state index contributed by atoms with van der Waals surface area (Å²) < 4.78 is 0. The van der Waals surface area contributed by atoms with Crippen molar-refractivity contribution < 1.29 is 0 Å². The maximum absolute atomic E-state index is 6.26. The molecular formula is C15H24N2S. The van der Waals surface area contributed by atoms with Gasteiger partial charge >= 0.3 is 0 Å². The van der Waals surface area contributed by atoms with Crippen LogP contribution in [0.1, 0.15) is 18.4 Å². The third-order valence-corrected chi connectivity index (χ3v) is 4.84. The van der Waals surface area contributed by atoms with E-state index in [4.69, 9.17) is 5.73 Å². The smallest absolute Gasteiger partial charge is 0.0208 e. The molecule has 1 saturated heterocycles. The first-order valence-electron chi connectivity index (χ1n) is 6.82. The molecule has 3 heteroatoms. The minimum Gasteiger partial charge on any atom is -0.326 e. The highest BCUT2D eigenvalue weighted by Crippen LogP contribution is 2.20. The van der Waals surface area contributed by atoms with E-state index >= 15 is 0 Å². The molecule has 1 fully saturated rings. The van der Waals surface area contributed by atoms with Crippen LogP contribution < -0.4 is 5.73 Å². The Bertz CT molecular complexity index is 334. The molecular weight excluding hydrogens is 240 g/mol. The second-order valence-corrected chi connectivity index (χ2v) is 6.32. The molecule has 1 aliphatic rings. The lowest BCUT2D eigenvalue weighted by atomic mass is 10.0. The van der Waals surface area contributed by atoms with Gasteiger partial charge in [-0.15, -0.1) is 0 Å². The summed E-state index contributed by atoms with van der Waals surface area (Å²) in [5.41, 5.74) is 7.61. The fourth-order valence-corrected chi connectivity index (χ4v) is 3.32. The van der Waals surface area contributed by atoms with E-state index in [1.807, 2.05) is 11.8 Å². The number of nitrogens with zero attached hydrogens (tertiary/aromatic N) is 1. The van der Waals surface area contributed by atoms with Gasteiger partial charge in [0.2, 0.25) is 0 Å². The van der Waals surface area contributed by atoms with Crippen molar-refractivity contribution in [2.24, 2.45) is 5.73 Å². The summed E-state index contributed by atoms with van der Waals surface area (Å²) in [4.78, 5) is 2.53. The number of nitrogens with two attached hydrogens (primary N) is 1. The van der Waals surface area contributed by atoms with Crippen LogP contribution in [0.3, 0.4) is 0 Å². The van der Waals surface area contributed by atoms with Gasteiger partial charge in [0, 0.05) is 17.8 Å². The lowest BCUT2D eigenvalue weighted by Gasteiger charge is -2.32. The minimum absolute atomic E-state index is 0.262. The number of rotatable bonds is 5. The lowest BCUT2D eigenvalue weighted by molar-refractivity contribution is 0.219. The predicted octanol–water partition coefficient (Wildman–Crippen LogP) is 2.38. The molecule has 18 heavy (non-hydrogen) atoms. The summed E-state index contributed by atoms with van der Waals surface area (Å²) in [6.45, 7) is 3.47. The number of benzene rings is 1. The molecule has 1 aliphatic heterocycles. The van der Waals surface area contributed by atoms with Crippen LogP contribution >= 0.6 is 11.8 Å². The molecule has 1 aromatic carbocycles. The molecule has 100 valence electrons. The third kappa shape index (κ3) is 4.30. The predicted molar refractivity (Wildman–Crippen MR) is 81.1 cm³/mol. The Morgan fingerprint density at radius 1 is 1.28 bits per heavy atom. The van der Waals surface area contributed by atoms with Gasteiger partial charge in [-0.05, 0) is 44.2 Å². The third-order valence-electron chi connectivity index (χ3n) is 3.70. The standard InChI is InChI=1S/C15H24N2S/c1-18-15-7-9-17(10-8-15)12-14(16)11-13-5-3-2-4-6-13/h2-6,14-15H,7-12,16H2,1H3/t14-/m1/s1. The highest BCUT2D eigenvalue weighted by molar-refractivity contribution is 7.99. The molecule has 2 rings (SSSR count). The molecule has 0 spiro atoms. The van der Waals surface area contributed by atoms with Crippen molar-refractivity contribution in [3.63, 3.8) is 0 Å². The first-order chi connectivity index (χ1) is 8.78. The van der Waals surface area contributed by atoms with Crippen LogP contribution in [0.15, 0.2) is 30.3 Å². The molecule has 2 N–H and O–H groups in total. The largest absolute Gasteiger partial charge is 0.326 e. The molecule has 0 radical (unpaired) electrons. The summed E-state index contributed by atoms with van der Waals surface area (Å²) in [6, 6.07) is 10.8. The number of likely N-dealkylation sites (tertiary alicyclic amines) is 1. The van der Waals surface area contributed by atoms with E-state index in [0.29, 0.717) is 0 Å². The monoisotopic (exact) mass is 264 g/mol. The van der Waals surface area contributed by atoms with Gasteiger partial charge in [-0.1, -0.05) is 30.3 Å².